The van der Waals surface area contributed by atoms with Gasteiger partial charge >= 0.3 is 0 Å². The van der Waals surface area contributed by atoms with Crippen LogP contribution in [0.4, 0.5) is 4.39 Å². The van der Waals surface area contributed by atoms with E-state index in [4.69, 9.17) is 11.1 Å². The lowest BCUT2D eigenvalue weighted by atomic mass is 9.94. The molecule has 2 heterocycles. The lowest BCUT2D eigenvalue weighted by molar-refractivity contribution is 0.276. The molecule has 1 saturated carbocycles. The molecule has 1 fully saturated rings. The summed E-state index contributed by atoms with van der Waals surface area (Å²) in [4.78, 5) is 4.26. The summed E-state index contributed by atoms with van der Waals surface area (Å²) in [5, 5.41) is 18.2. The minimum Gasteiger partial charge on any atom is -0.401 e. The van der Waals surface area contributed by atoms with Gasteiger partial charge in [0, 0.05) is 28.6 Å². The molecule has 6 heteroatoms. The molecule has 4 N–H and O–H groups in total. The van der Waals surface area contributed by atoms with E-state index in [0.29, 0.717) is 22.5 Å². The molecule has 0 saturated heterocycles. The van der Waals surface area contributed by atoms with Crippen molar-refractivity contribution in [1.29, 1.82) is 5.41 Å². The predicted octanol–water partition coefficient (Wildman–Crippen LogP) is 3.11. The van der Waals surface area contributed by atoms with Gasteiger partial charge < -0.3 is 15.2 Å². The Bertz CT molecular complexity index is 1020. The van der Waals surface area contributed by atoms with Crippen molar-refractivity contribution in [3.63, 3.8) is 0 Å². The summed E-state index contributed by atoms with van der Waals surface area (Å²) in [6, 6.07) is 9.59. The minimum absolute atomic E-state index is 0.128. The van der Waals surface area contributed by atoms with Crippen LogP contribution in [0.2, 0.25) is 0 Å². The van der Waals surface area contributed by atoms with E-state index in [1.54, 1.807) is 22.7 Å². The summed E-state index contributed by atoms with van der Waals surface area (Å²) in [6.07, 6.45) is 5.50. The average molecular weight is 350 g/mol. The van der Waals surface area contributed by atoms with E-state index in [1.165, 1.54) is 12.1 Å². The summed E-state index contributed by atoms with van der Waals surface area (Å²) >= 11 is 0. The number of nitrogens with one attached hydrogen (secondary N) is 1. The van der Waals surface area contributed by atoms with Gasteiger partial charge in [-0.25, -0.2) is 9.37 Å². The molecule has 0 amide bonds. The molecular weight excluding hydrogens is 331 g/mol. The van der Waals surface area contributed by atoms with E-state index in [1.807, 2.05) is 18.3 Å². The van der Waals surface area contributed by atoms with Gasteiger partial charge in [-0.05, 0) is 55.2 Å². The second-order valence-corrected chi connectivity index (χ2v) is 6.54. The maximum Gasteiger partial charge on any atom is 0.136 e. The fourth-order valence-corrected chi connectivity index (χ4v) is 3.11. The smallest absolute Gasteiger partial charge is 0.136 e. The first kappa shape index (κ1) is 16.5. The highest BCUT2D eigenvalue weighted by molar-refractivity contribution is 6.31. The average Bonchev–Trinajstić information content (AvgIpc) is 3.42. The molecule has 1 aromatic carbocycles. The van der Waals surface area contributed by atoms with Crippen molar-refractivity contribution in [2.45, 2.75) is 19.4 Å². The number of fused-ring (bicyclic) bond motifs is 1. The van der Waals surface area contributed by atoms with E-state index in [9.17, 15) is 9.50 Å². The molecule has 0 atom stereocenters. The molecule has 2 aromatic heterocycles. The number of pyridine rings is 1. The van der Waals surface area contributed by atoms with Gasteiger partial charge in [0.15, 0.2) is 0 Å². The van der Waals surface area contributed by atoms with Crippen molar-refractivity contribution in [1.82, 2.24) is 9.38 Å². The molecule has 26 heavy (non-hydrogen) atoms. The van der Waals surface area contributed by atoms with Crippen LogP contribution in [0.3, 0.4) is 0 Å². The maximum atomic E-state index is 13.3. The summed E-state index contributed by atoms with van der Waals surface area (Å²) < 4.78 is 15.1. The predicted molar refractivity (Wildman–Crippen MR) is 98.2 cm³/mol. The van der Waals surface area contributed by atoms with Crippen LogP contribution in [0, 0.1) is 17.1 Å². The quantitative estimate of drug-likeness (QED) is 0.618. The SMILES string of the molecule is N=C(/C(=C(\N)C1CC1)c1ccc2ncc(CO)n2c1)c1ccc(F)cc1. The molecular formula is C20H19FN4O. The maximum absolute atomic E-state index is 13.3. The Hall–Kier alpha value is -2.99. The number of hydrogen-bond donors (Lipinski definition) is 3. The van der Waals surface area contributed by atoms with Crippen LogP contribution in [0.5, 0.6) is 0 Å². The largest absolute Gasteiger partial charge is 0.401 e. The van der Waals surface area contributed by atoms with Gasteiger partial charge in [-0.1, -0.05) is 0 Å². The number of benzene rings is 1. The molecule has 0 bridgehead atoms. The molecule has 0 spiro atoms. The van der Waals surface area contributed by atoms with E-state index in [2.05, 4.69) is 4.98 Å². The number of nitrogens with zero attached hydrogens (tertiary/aromatic N) is 2. The van der Waals surface area contributed by atoms with Crippen LogP contribution >= 0.6 is 0 Å². The number of imidazole rings is 1. The molecule has 5 nitrogen and oxygen atoms in total. The first-order chi connectivity index (χ1) is 12.6. The first-order valence-electron chi connectivity index (χ1n) is 8.50. The number of allylic oxidation sites excluding steroid dienone is 2. The van der Waals surface area contributed by atoms with Crippen molar-refractivity contribution in [3.05, 3.63) is 77.1 Å². The summed E-state index contributed by atoms with van der Waals surface area (Å²) in [6.45, 7) is -0.128. The molecule has 4 rings (SSSR count). The van der Waals surface area contributed by atoms with Crippen molar-refractivity contribution >= 4 is 16.9 Å². The number of aromatic nitrogens is 2. The van der Waals surface area contributed by atoms with Gasteiger partial charge in [0.1, 0.15) is 11.5 Å². The second kappa shape index (κ2) is 6.38. The highest BCUT2D eigenvalue weighted by atomic mass is 19.1. The van der Waals surface area contributed by atoms with Gasteiger partial charge in [0.05, 0.1) is 24.2 Å². The van der Waals surface area contributed by atoms with E-state index in [-0.39, 0.29) is 24.1 Å². The van der Waals surface area contributed by atoms with Crippen LogP contribution in [0.1, 0.15) is 29.7 Å². The Morgan fingerprint density at radius 1 is 1.19 bits per heavy atom. The van der Waals surface area contributed by atoms with Gasteiger partial charge in [-0.2, -0.15) is 0 Å². The third kappa shape index (κ3) is 2.88. The zero-order valence-electron chi connectivity index (χ0n) is 14.1. The number of halogens is 1. The number of aliphatic hydroxyl groups is 1. The third-order valence-corrected chi connectivity index (χ3v) is 4.72. The molecule has 132 valence electrons. The minimum atomic E-state index is -0.338. The second-order valence-electron chi connectivity index (χ2n) is 6.54. The Morgan fingerprint density at radius 3 is 2.54 bits per heavy atom. The fourth-order valence-electron chi connectivity index (χ4n) is 3.11. The van der Waals surface area contributed by atoms with Crippen molar-refractivity contribution < 1.29 is 9.50 Å². The standard InChI is InChI=1S/C20H19FN4O/c21-15-6-3-13(4-7-15)20(23)18(19(22)12-1-2-12)14-5-8-17-24-9-16(11-26)25(17)10-14/h3-10,12,23,26H,1-2,11,22H2/b19-18-,23-20?. The number of aliphatic hydroxyl groups excluding tert-OH is 1. The molecule has 1 aliphatic carbocycles. The molecule has 0 radical (unpaired) electrons. The lowest BCUT2D eigenvalue weighted by Crippen LogP contribution is -2.13. The van der Waals surface area contributed by atoms with Crippen molar-refractivity contribution in [2.75, 3.05) is 0 Å². The monoisotopic (exact) mass is 350 g/mol. The molecule has 3 aromatic rings. The molecule has 0 unspecified atom stereocenters. The summed E-state index contributed by atoms with van der Waals surface area (Å²) in [5.74, 6) is -0.0590. The number of nitrogens with two attached hydrogens (primary N) is 1. The van der Waals surface area contributed by atoms with Gasteiger partial charge in [-0.3, -0.25) is 5.41 Å². The Balaban J connectivity index is 1.85. The van der Waals surface area contributed by atoms with Gasteiger partial charge in [-0.15, -0.1) is 0 Å². The van der Waals surface area contributed by atoms with Crippen LogP contribution < -0.4 is 5.73 Å². The van der Waals surface area contributed by atoms with Crippen LogP contribution in [-0.2, 0) is 6.61 Å². The van der Waals surface area contributed by atoms with Crippen molar-refractivity contribution in [3.8, 4) is 0 Å². The Kier molecular flexibility index (Phi) is 4.05. The highest BCUT2D eigenvalue weighted by Crippen LogP contribution is 2.38. The Labute approximate surface area is 150 Å². The fraction of sp³-hybridized carbons (Fsp3) is 0.200. The van der Waals surface area contributed by atoms with E-state index < -0.39 is 0 Å². The van der Waals surface area contributed by atoms with E-state index in [0.717, 1.165) is 24.1 Å². The molecule has 1 aliphatic rings. The number of rotatable bonds is 5. The topological polar surface area (TPSA) is 87.4 Å². The zero-order valence-corrected chi connectivity index (χ0v) is 14.1. The van der Waals surface area contributed by atoms with Crippen LogP contribution in [0.15, 0.2) is 54.5 Å². The summed E-state index contributed by atoms with van der Waals surface area (Å²) in [5.41, 5.74) is 10.8. The number of hydrogen-bond acceptors (Lipinski definition) is 4. The third-order valence-electron chi connectivity index (χ3n) is 4.72. The zero-order chi connectivity index (χ0) is 18.3. The Morgan fingerprint density at radius 2 is 1.88 bits per heavy atom. The first-order valence-corrected chi connectivity index (χ1v) is 8.50. The highest BCUT2D eigenvalue weighted by Gasteiger charge is 2.29. The summed E-state index contributed by atoms with van der Waals surface area (Å²) in [7, 11) is 0. The van der Waals surface area contributed by atoms with Crippen LogP contribution in [0.25, 0.3) is 11.2 Å². The van der Waals surface area contributed by atoms with Crippen LogP contribution in [-0.4, -0.2) is 20.2 Å². The molecule has 0 aliphatic heterocycles. The van der Waals surface area contributed by atoms with Crippen molar-refractivity contribution in [2.24, 2.45) is 11.7 Å². The lowest BCUT2D eigenvalue weighted by Gasteiger charge is -2.15. The van der Waals surface area contributed by atoms with Gasteiger partial charge in [0.2, 0.25) is 0 Å². The van der Waals surface area contributed by atoms with Gasteiger partial charge in [0.25, 0.3) is 0 Å². The van der Waals surface area contributed by atoms with E-state index >= 15 is 0 Å². The normalized spacial score (nSPS) is 15.2.